The standard InChI is InChI=1S/C15H17ClF3NO/c16-9-10-20(13-3-1-2-4-13)14(21)11-5-7-12(8-6-11)15(17,18)19/h5-8,13H,1-4,9-10H2. The van der Waals surface area contributed by atoms with E-state index in [-0.39, 0.29) is 17.5 Å². The highest BCUT2D eigenvalue weighted by molar-refractivity contribution is 6.18. The molecule has 0 saturated heterocycles. The number of carbonyl (C=O) groups is 1. The summed E-state index contributed by atoms with van der Waals surface area (Å²) in [6.45, 7) is 0.423. The van der Waals surface area contributed by atoms with Crippen molar-refractivity contribution in [2.75, 3.05) is 12.4 Å². The zero-order valence-electron chi connectivity index (χ0n) is 11.5. The van der Waals surface area contributed by atoms with Gasteiger partial charge in [0.1, 0.15) is 0 Å². The molecule has 1 fully saturated rings. The lowest BCUT2D eigenvalue weighted by atomic mass is 10.1. The molecule has 1 aliphatic carbocycles. The summed E-state index contributed by atoms with van der Waals surface area (Å²) in [5, 5.41) is 0. The van der Waals surface area contributed by atoms with E-state index in [0.29, 0.717) is 12.4 Å². The van der Waals surface area contributed by atoms with Crippen LogP contribution >= 0.6 is 11.6 Å². The smallest absolute Gasteiger partial charge is 0.334 e. The van der Waals surface area contributed by atoms with Gasteiger partial charge in [0.25, 0.3) is 5.91 Å². The molecule has 1 aliphatic rings. The van der Waals surface area contributed by atoms with Crippen LogP contribution in [0.4, 0.5) is 13.2 Å². The lowest BCUT2D eigenvalue weighted by Gasteiger charge is -2.28. The molecule has 0 bridgehead atoms. The SMILES string of the molecule is O=C(c1ccc(C(F)(F)F)cc1)N(CCCl)C1CCCC1. The molecule has 0 radical (unpaired) electrons. The molecule has 0 aliphatic heterocycles. The Bertz CT molecular complexity index is 481. The third kappa shape index (κ3) is 3.90. The molecule has 1 saturated carbocycles. The molecule has 0 atom stereocenters. The zero-order chi connectivity index (χ0) is 15.5. The number of hydrogen-bond acceptors (Lipinski definition) is 1. The third-order valence-electron chi connectivity index (χ3n) is 3.81. The maximum Gasteiger partial charge on any atom is 0.416 e. The first-order valence-corrected chi connectivity index (χ1v) is 7.51. The highest BCUT2D eigenvalue weighted by Crippen LogP contribution is 2.30. The largest absolute Gasteiger partial charge is 0.416 e. The van der Waals surface area contributed by atoms with Gasteiger partial charge in [-0.3, -0.25) is 4.79 Å². The molecule has 1 aromatic carbocycles. The Morgan fingerprint density at radius 1 is 1.19 bits per heavy atom. The quantitative estimate of drug-likeness (QED) is 0.756. The average molecular weight is 320 g/mol. The predicted molar refractivity (Wildman–Crippen MR) is 75.5 cm³/mol. The van der Waals surface area contributed by atoms with Crippen LogP contribution in [0.25, 0.3) is 0 Å². The van der Waals surface area contributed by atoms with Gasteiger partial charge in [-0.2, -0.15) is 13.2 Å². The van der Waals surface area contributed by atoms with Gasteiger partial charge in [-0.1, -0.05) is 12.8 Å². The Labute approximate surface area is 126 Å². The van der Waals surface area contributed by atoms with Gasteiger partial charge in [-0.05, 0) is 37.1 Å². The van der Waals surface area contributed by atoms with Crippen LogP contribution in [0.2, 0.25) is 0 Å². The second-order valence-corrected chi connectivity index (χ2v) is 5.58. The molecule has 0 N–H and O–H groups in total. The van der Waals surface area contributed by atoms with Crippen LogP contribution in [0.15, 0.2) is 24.3 Å². The van der Waals surface area contributed by atoms with Gasteiger partial charge in [0, 0.05) is 24.0 Å². The number of nitrogens with zero attached hydrogens (tertiary/aromatic N) is 1. The molecule has 0 heterocycles. The van der Waals surface area contributed by atoms with Gasteiger partial charge < -0.3 is 4.90 Å². The first kappa shape index (κ1) is 16.1. The summed E-state index contributed by atoms with van der Waals surface area (Å²) in [4.78, 5) is 14.2. The normalized spacial score (nSPS) is 16.2. The molecule has 2 nitrogen and oxygen atoms in total. The van der Waals surface area contributed by atoms with E-state index in [1.807, 2.05) is 0 Å². The number of carbonyl (C=O) groups excluding carboxylic acids is 1. The van der Waals surface area contributed by atoms with E-state index in [4.69, 9.17) is 11.6 Å². The van der Waals surface area contributed by atoms with Crippen LogP contribution in [-0.2, 0) is 6.18 Å². The number of benzene rings is 1. The first-order valence-electron chi connectivity index (χ1n) is 6.97. The van der Waals surface area contributed by atoms with E-state index in [0.717, 1.165) is 37.8 Å². The molecule has 0 unspecified atom stereocenters. The Kier molecular flexibility index (Phi) is 5.14. The van der Waals surface area contributed by atoms with Crippen LogP contribution in [0.3, 0.4) is 0 Å². The summed E-state index contributed by atoms with van der Waals surface area (Å²) in [5.41, 5.74) is -0.469. The molecule has 2 rings (SSSR count). The van der Waals surface area contributed by atoms with Crippen LogP contribution in [0, 0.1) is 0 Å². The summed E-state index contributed by atoms with van der Waals surface area (Å²) in [7, 11) is 0. The minimum absolute atomic E-state index is 0.151. The van der Waals surface area contributed by atoms with Gasteiger partial charge in [0.15, 0.2) is 0 Å². The number of alkyl halides is 4. The molecule has 1 amide bonds. The highest BCUT2D eigenvalue weighted by atomic mass is 35.5. The van der Waals surface area contributed by atoms with E-state index in [1.54, 1.807) is 4.90 Å². The van der Waals surface area contributed by atoms with Crippen molar-refractivity contribution in [2.45, 2.75) is 37.9 Å². The van der Waals surface area contributed by atoms with Crippen molar-refractivity contribution in [1.29, 1.82) is 0 Å². The number of rotatable bonds is 4. The van der Waals surface area contributed by atoms with E-state index in [9.17, 15) is 18.0 Å². The fourth-order valence-corrected chi connectivity index (χ4v) is 2.91. The molecule has 0 aromatic heterocycles. The highest BCUT2D eigenvalue weighted by Gasteiger charge is 2.31. The summed E-state index contributed by atoms with van der Waals surface area (Å²) < 4.78 is 37.6. The summed E-state index contributed by atoms with van der Waals surface area (Å²) in [6, 6.07) is 4.52. The van der Waals surface area contributed by atoms with Crippen molar-refractivity contribution < 1.29 is 18.0 Å². The number of amides is 1. The van der Waals surface area contributed by atoms with Gasteiger partial charge in [0.05, 0.1) is 5.56 Å². The minimum Gasteiger partial charge on any atom is -0.334 e. The zero-order valence-corrected chi connectivity index (χ0v) is 12.3. The fourth-order valence-electron chi connectivity index (χ4n) is 2.72. The summed E-state index contributed by atoms with van der Waals surface area (Å²) >= 11 is 5.75. The van der Waals surface area contributed by atoms with Crippen LogP contribution in [0.1, 0.15) is 41.6 Å². The van der Waals surface area contributed by atoms with Crippen molar-refractivity contribution >= 4 is 17.5 Å². The Morgan fingerprint density at radius 2 is 1.76 bits per heavy atom. The van der Waals surface area contributed by atoms with Gasteiger partial charge >= 0.3 is 6.18 Å². The Hall–Kier alpha value is -1.23. The fraction of sp³-hybridized carbons (Fsp3) is 0.533. The predicted octanol–water partition coefficient (Wildman–Crippen LogP) is 4.33. The molecule has 1 aromatic rings. The van der Waals surface area contributed by atoms with E-state index >= 15 is 0 Å². The van der Waals surface area contributed by atoms with Crippen molar-refractivity contribution in [2.24, 2.45) is 0 Å². The Balaban J connectivity index is 2.16. The van der Waals surface area contributed by atoms with Crippen molar-refractivity contribution in [3.63, 3.8) is 0 Å². The number of hydrogen-bond donors (Lipinski definition) is 0. The average Bonchev–Trinajstić information content (AvgIpc) is 2.97. The second kappa shape index (κ2) is 6.69. The van der Waals surface area contributed by atoms with Gasteiger partial charge in [-0.15, -0.1) is 11.6 Å². The monoisotopic (exact) mass is 319 g/mol. The lowest BCUT2D eigenvalue weighted by molar-refractivity contribution is -0.137. The lowest BCUT2D eigenvalue weighted by Crippen LogP contribution is -2.40. The number of halogens is 4. The van der Waals surface area contributed by atoms with Crippen molar-refractivity contribution in [3.8, 4) is 0 Å². The summed E-state index contributed by atoms with van der Waals surface area (Å²) in [6.07, 6.45) is -0.372. The molecule has 0 spiro atoms. The molecule has 6 heteroatoms. The maximum atomic E-state index is 12.5. The topological polar surface area (TPSA) is 20.3 Å². The third-order valence-corrected chi connectivity index (χ3v) is 3.98. The second-order valence-electron chi connectivity index (χ2n) is 5.20. The molecular weight excluding hydrogens is 303 g/mol. The van der Waals surface area contributed by atoms with Crippen LogP contribution in [-0.4, -0.2) is 29.3 Å². The molecule has 116 valence electrons. The maximum absolute atomic E-state index is 12.5. The summed E-state index contributed by atoms with van der Waals surface area (Å²) in [5.74, 6) is 0.0827. The molecular formula is C15H17ClF3NO. The van der Waals surface area contributed by atoms with Crippen molar-refractivity contribution in [3.05, 3.63) is 35.4 Å². The molecule has 21 heavy (non-hydrogen) atoms. The minimum atomic E-state index is -4.39. The van der Waals surface area contributed by atoms with Gasteiger partial charge in [0.2, 0.25) is 0 Å². The van der Waals surface area contributed by atoms with Gasteiger partial charge in [-0.25, -0.2) is 0 Å². The van der Waals surface area contributed by atoms with E-state index in [2.05, 4.69) is 0 Å². The van der Waals surface area contributed by atoms with Crippen LogP contribution in [0.5, 0.6) is 0 Å². The van der Waals surface area contributed by atoms with Crippen molar-refractivity contribution in [1.82, 2.24) is 4.90 Å². The van der Waals surface area contributed by atoms with E-state index in [1.165, 1.54) is 12.1 Å². The van der Waals surface area contributed by atoms with Crippen LogP contribution < -0.4 is 0 Å². The first-order chi connectivity index (χ1) is 9.93. The Morgan fingerprint density at radius 3 is 2.24 bits per heavy atom. The van der Waals surface area contributed by atoms with E-state index < -0.39 is 11.7 Å².